The first-order valence-corrected chi connectivity index (χ1v) is 7.21. The number of aromatic nitrogens is 4. The van der Waals surface area contributed by atoms with Gasteiger partial charge in [-0.3, -0.25) is 0 Å². The molecule has 3 aromatic rings. The van der Waals surface area contributed by atoms with E-state index in [1.165, 1.54) is 11.3 Å². The van der Waals surface area contributed by atoms with Crippen molar-refractivity contribution in [3.63, 3.8) is 0 Å². The summed E-state index contributed by atoms with van der Waals surface area (Å²) in [6, 6.07) is 8.38. The van der Waals surface area contributed by atoms with Crippen molar-refractivity contribution >= 4 is 11.0 Å². The Morgan fingerprint density at radius 2 is 2.00 bits per heavy atom. The molecule has 1 aromatic carbocycles. The van der Waals surface area contributed by atoms with Gasteiger partial charge < -0.3 is 9.13 Å². The van der Waals surface area contributed by atoms with Crippen LogP contribution in [0, 0.1) is 6.92 Å². The van der Waals surface area contributed by atoms with Gasteiger partial charge in [0.2, 0.25) is 0 Å². The highest BCUT2D eigenvalue weighted by molar-refractivity contribution is 5.75. The lowest BCUT2D eigenvalue weighted by atomic mass is 10.3. The van der Waals surface area contributed by atoms with Crippen LogP contribution >= 0.6 is 0 Å². The fourth-order valence-corrected chi connectivity index (χ4v) is 2.64. The summed E-state index contributed by atoms with van der Waals surface area (Å²) in [5, 5.41) is 0. The molecule has 104 valence electrons. The predicted molar refractivity (Wildman–Crippen MR) is 80.7 cm³/mol. The number of para-hydroxylation sites is 2. The van der Waals surface area contributed by atoms with E-state index < -0.39 is 0 Å². The predicted octanol–water partition coefficient (Wildman–Crippen LogP) is 3.19. The molecule has 0 aliphatic rings. The van der Waals surface area contributed by atoms with E-state index in [9.17, 15) is 0 Å². The van der Waals surface area contributed by atoms with E-state index in [-0.39, 0.29) is 0 Å². The molecule has 0 atom stereocenters. The highest BCUT2D eigenvalue weighted by Crippen LogP contribution is 2.17. The van der Waals surface area contributed by atoms with E-state index in [0.29, 0.717) is 0 Å². The summed E-state index contributed by atoms with van der Waals surface area (Å²) in [7, 11) is 0. The van der Waals surface area contributed by atoms with Crippen LogP contribution in [0.1, 0.15) is 25.0 Å². The van der Waals surface area contributed by atoms with Gasteiger partial charge in [-0.2, -0.15) is 0 Å². The van der Waals surface area contributed by atoms with Crippen LogP contribution < -0.4 is 0 Å². The molecule has 4 nitrogen and oxygen atoms in total. The lowest BCUT2D eigenvalue weighted by Gasteiger charge is -2.10. The van der Waals surface area contributed by atoms with E-state index in [1.54, 1.807) is 0 Å². The summed E-state index contributed by atoms with van der Waals surface area (Å²) in [5.41, 5.74) is 2.33. The summed E-state index contributed by atoms with van der Waals surface area (Å²) in [4.78, 5) is 9.04. The molecule has 0 amide bonds. The van der Waals surface area contributed by atoms with Crippen molar-refractivity contribution in [2.45, 2.75) is 39.8 Å². The summed E-state index contributed by atoms with van der Waals surface area (Å²) < 4.78 is 4.53. The summed E-state index contributed by atoms with van der Waals surface area (Å²) in [5.74, 6) is 2.25. The highest BCUT2D eigenvalue weighted by atomic mass is 15.1. The Hall–Kier alpha value is -2.10. The molecule has 0 saturated carbocycles. The number of rotatable bonds is 5. The van der Waals surface area contributed by atoms with Crippen LogP contribution in [-0.2, 0) is 19.5 Å². The maximum atomic E-state index is 4.76. The highest BCUT2D eigenvalue weighted by Gasteiger charge is 2.09. The third-order valence-electron chi connectivity index (χ3n) is 3.70. The molecule has 0 radical (unpaired) electrons. The molecule has 3 rings (SSSR count). The molecule has 0 fully saturated rings. The zero-order chi connectivity index (χ0) is 13.9. The number of aryl methyl sites for hydroxylation is 4. The average molecular weight is 268 g/mol. The maximum Gasteiger partial charge on any atom is 0.109 e. The number of fused-ring (bicyclic) bond motifs is 1. The van der Waals surface area contributed by atoms with E-state index in [1.807, 2.05) is 19.3 Å². The van der Waals surface area contributed by atoms with Gasteiger partial charge >= 0.3 is 0 Å². The second kappa shape index (κ2) is 5.49. The lowest BCUT2D eigenvalue weighted by molar-refractivity contribution is 0.558. The minimum Gasteiger partial charge on any atom is -0.333 e. The summed E-state index contributed by atoms with van der Waals surface area (Å²) in [6.45, 7) is 6.11. The molecule has 0 bridgehead atoms. The summed E-state index contributed by atoms with van der Waals surface area (Å²) in [6.07, 6.45) is 6.03. The van der Waals surface area contributed by atoms with Crippen LogP contribution in [0.3, 0.4) is 0 Å². The van der Waals surface area contributed by atoms with Gasteiger partial charge in [-0.25, -0.2) is 9.97 Å². The first kappa shape index (κ1) is 12.9. The molecular weight excluding hydrogens is 248 g/mol. The Kier molecular flexibility index (Phi) is 3.54. The average Bonchev–Trinajstić information content (AvgIpc) is 3.01. The number of nitrogens with zero attached hydrogens (tertiary/aromatic N) is 4. The molecule has 2 aromatic heterocycles. The second-order valence-corrected chi connectivity index (χ2v) is 5.09. The maximum absolute atomic E-state index is 4.76. The van der Waals surface area contributed by atoms with Crippen LogP contribution in [0.15, 0.2) is 36.7 Å². The van der Waals surface area contributed by atoms with Crippen molar-refractivity contribution < 1.29 is 0 Å². The molecule has 0 unspecified atom stereocenters. The first-order valence-electron chi connectivity index (χ1n) is 7.21. The minimum atomic E-state index is 0.933. The van der Waals surface area contributed by atoms with Crippen LogP contribution in [-0.4, -0.2) is 19.1 Å². The third-order valence-corrected chi connectivity index (χ3v) is 3.70. The van der Waals surface area contributed by atoms with Gasteiger partial charge in [0.1, 0.15) is 11.6 Å². The van der Waals surface area contributed by atoms with Crippen LogP contribution in [0.5, 0.6) is 0 Å². The Morgan fingerprint density at radius 3 is 2.75 bits per heavy atom. The smallest absolute Gasteiger partial charge is 0.109 e. The van der Waals surface area contributed by atoms with E-state index in [0.717, 1.165) is 37.3 Å². The molecule has 0 N–H and O–H groups in total. The zero-order valence-electron chi connectivity index (χ0n) is 12.1. The minimum absolute atomic E-state index is 0.933. The first-order chi connectivity index (χ1) is 9.79. The van der Waals surface area contributed by atoms with Gasteiger partial charge in [0, 0.05) is 31.9 Å². The SMILES string of the molecule is CCCc1nc2ccccc2n1CCn1ccnc1C. The third kappa shape index (κ3) is 2.33. The van der Waals surface area contributed by atoms with Gasteiger partial charge in [-0.05, 0) is 25.5 Å². The Labute approximate surface area is 119 Å². The molecule has 0 spiro atoms. The lowest BCUT2D eigenvalue weighted by Crippen LogP contribution is -2.10. The molecular formula is C16H20N4. The van der Waals surface area contributed by atoms with Crippen LogP contribution in [0.4, 0.5) is 0 Å². The number of hydrogen-bond donors (Lipinski definition) is 0. The number of benzene rings is 1. The van der Waals surface area contributed by atoms with Gasteiger partial charge in [-0.15, -0.1) is 0 Å². The van der Waals surface area contributed by atoms with E-state index in [2.05, 4.69) is 45.3 Å². The van der Waals surface area contributed by atoms with Crippen molar-refractivity contribution in [2.75, 3.05) is 0 Å². The fraction of sp³-hybridized carbons (Fsp3) is 0.375. The fourth-order valence-electron chi connectivity index (χ4n) is 2.64. The molecule has 0 saturated heterocycles. The Balaban J connectivity index is 1.92. The Morgan fingerprint density at radius 1 is 1.15 bits per heavy atom. The van der Waals surface area contributed by atoms with Gasteiger partial charge in [-0.1, -0.05) is 19.1 Å². The summed E-state index contributed by atoms with van der Waals surface area (Å²) >= 11 is 0. The van der Waals surface area contributed by atoms with Crippen molar-refractivity contribution in [1.29, 1.82) is 0 Å². The van der Waals surface area contributed by atoms with E-state index in [4.69, 9.17) is 4.98 Å². The second-order valence-electron chi connectivity index (χ2n) is 5.09. The Bertz CT molecular complexity index is 708. The van der Waals surface area contributed by atoms with Gasteiger partial charge in [0.05, 0.1) is 11.0 Å². The molecule has 4 heteroatoms. The van der Waals surface area contributed by atoms with Crippen molar-refractivity contribution in [3.8, 4) is 0 Å². The molecule has 2 heterocycles. The van der Waals surface area contributed by atoms with Gasteiger partial charge in [0.25, 0.3) is 0 Å². The zero-order valence-corrected chi connectivity index (χ0v) is 12.1. The van der Waals surface area contributed by atoms with E-state index >= 15 is 0 Å². The van der Waals surface area contributed by atoms with Crippen molar-refractivity contribution in [1.82, 2.24) is 19.1 Å². The molecule has 0 aliphatic carbocycles. The van der Waals surface area contributed by atoms with Crippen molar-refractivity contribution in [3.05, 3.63) is 48.3 Å². The standard InChI is InChI=1S/C16H20N4/c1-3-6-16-18-14-7-4-5-8-15(14)20(16)12-11-19-10-9-17-13(19)2/h4-5,7-10H,3,6,11-12H2,1-2H3. The number of hydrogen-bond acceptors (Lipinski definition) is 2. The molecule has 0 aliphatic heterocycles. The normalized spacial score (nSPS) is 11.3. The largest absolute Gasteiger partial charge is 0.333 e. The van der Waals surface area contributed by atoms with Gasteiger partial charge in [0.15, 0.2) is 0 Å². The monoisotopic (exact) mass is 268 g/mol. The van der Waals surface area contributed by atoms with Crippen molar-refractivity contribution in [2.24, 2.45) is 0 Å². The quantitative estimate of drug-likeness (QED) is 0.712. The van der Waals surface area contributed by atoms with Crippen LogP contribution in [0.2, 0.25) is 0 Å². The number of imidazole rings is 2. The topological polar surface area (TPSA) is 35.6 Å². The van der Waals surface area contributed by atoms with Crippen LogP contribution in [0.25, 0.3) is 11.0 Å². The molecule has 20 heavy (non-hydrogen) atoms.